The molecule has 0 spiro atoms. The normalized spacial score (nSPS) is 9.80. The van der Waals surface area contributed by atoms with Crippen LogP contribution in [0.2, 0.25) is 0 Å². The van der Waals surface area contributed by atoms with Crippen molar-refractivity contribution in [2.45, 2.75) is 13.8 Å². The highest BCUT2D eigenvalue weighted by Gasteiger charge is 2.22. The number of hydrogen-bond donors (Lipinski definition) is 0. The van der Waals surface area contributed by atoms with Crippen LogP contribution in [-0.4, -0.2) is 17.8 Å². The van der Waals surface area contributed by atoms with Gasteiger partial charge in [0.25, 0.3) is 0 Å². The van der Waals surface area contributed by atoms with Gasteiger partial charge in [-0.3, -0.25) is 14.9 Å². The number of nitro groups is 1. The van der Waals surface area contributed by atoms with Crippen molar-refractivity contribution in [1.29, 1.82) is 0 Å². The fraction of sp³-hybridized carbons (Fsp3) is 0.300. The second-order valence-electron chi connectivity index (χ2n) is 3.10. The van der Waals surface area contributed by atoms with Gasteiger partial charge in [-0.15, -0.1) is 0 Å². The Morgan fingerprint density at radius 1 is 1.47 bits per heavy atom. The van der Waals surface area contributed by atoms with Crippen LogP contribution in [0, 0.1) is 17.0 Å². The van der Waals surface area contributed by atoms with E-state index in [4.69, 9.17) is 4.74 Å². The Bertz CT molecular complexity index is 426. The van der Waals surface area contributed by atoms with Crippen LogP contribution in [0.1, 0.15) is 22.8 Å². The van der Waals surface area contributed by atoms with Gasteiger partial charge in [-0.25, -0.2) is 0 Å². The molecule has 0 amide bonds. The third-order valence-corrected chi connectivity index (χ3v) is 2.18. The molecule has 0 heterocycles. The average molecular weight is 209 g/mol. The van der Waals surface area contributed by atoms with Gasteiger partial charge in [-0.05, 0) is 26.0 Å². The molecule has 0 fully saturated rings. The summed E-state index contributed by atoms with van der Waals surface area (Å²) in [5.74, 6) is -0.0271. The lowest BCUT2D eigenvalue weighted by Crippen LogP contribution is -2.02. The molecule has 0 unspecified atom stereocenters. The number of ether oxygens (including phenoxy) is 1. The van der Waals surface area contributed by atoms with Gasteiger partial charge in [-0.2, -0.15) is 0 Å². The van der Waals surface area contributed by atoms with E-state index in [1.54, 1.807) is 0 Å². The largest absolute Gasteiger partial charge is 0.490 e. The Labute approximate surface area is 86.8 Å². The van der Waals surface area contributed by atoms with Crippen molar-refractivity contribution in [3.05, 3.63) is 33.4 Å². The maximum absolute atomic E-state index is 11.2. The maximum Gasteiger partial charge on any atom is 0.314 e. The minimum absolute atomic E-state index is 0.148. The Kier molecular flexibility index (Phi) is 3.04. The lowest BCUT2D eigenvalue weighted by atomic mass is 10.0. The van der Waals surface area contributed by atoms with E-state index in [0.717, 1.165) is 0 Å². The van der Waals surface area contributed by atoms with Gasteiger partial charge >= 0.3 is 5.69 Å². The lowest BCUT2D eigenvalue weighted by molar-refractivity contribution is -0.386. The standard InChI is InChI=1S/C10H11NO4/c1-6-8(7(2)12)4-5-9(15-3)10(6)11(13)14/h4-5H,1-3H3. The molecule has 1 aromatic rings. The third-order valence-electron chi connectivity index (χ3n) is 2.18. The zero-order chi connectivity index (χ0) is 11.6. The van der Waals surface area contributed by atoms with Crippen LogP contribution in [0.15, 0.2) is 12.1 Å². The molecule has 0 bridgehead atoms. The monoisotopic (exact) mass is 209 g/mol. The molecule has 0 saturated heterocycles. The molecule has 0 radical (unpaired) electrons. The smallest absolute Gasteiger partial charge is 0.314 e. The Balaban J connectivity index is 3.49. The molecule has 5 heteroatoms. The maximum atomic E-state index is 11.2. The van der Waals surface area contributed by atoms with Crippen LogP contribution in [0.4, 0.5) is 5.69 Å². The number of hydrogen-bond acceptors (Lipinski definition) is 4. The van der Waals surface area contributed by atoms with Gasteiger partial charge in [0.1, 0.15) is 0 Å². The Morgan fingerprint density at radius 3 is 2.47 bits per heavy atom. The summed E-state index contributed by atoms with van der Waals surface area (Å²) in [5, 5.41) is 10.8. The van der Waals surface area contributed by atoms with Crippen LogP contribution in [-0.2, 0) is 0 Å². The van der Waals surface area contributed by atoms with Crippen LogP contribution in [0.25, 0.3) is 0 Å². The van der Waals surface area contributed by atoms with E-state index in [1.165, 1.54) is 33.1 Å². The second-order valence-corrected chi connectivity index (χ2v) is 3.10. The summed E-state index contributed by atoms with van der Waals surface area (Å²) >= 11 is 0. The van der Waals surface area contributed by atoms with Gasteiger partial charge in [0, 0.05) is 11.1 Å². The molecule has 5 nitrogen and oxygen atoms in total. The van der Waals surface area contributed by atoms with E-state index in [1.807, 2.05) is 0 Å². The van der Waals surface area contributed by atoms with E-state index < -0.39 is 4.92 Å². The first-order chi connectivity index (χ1) is 6.99. The average Bonchev–Trinajstić information content (AvgIpc) is 2.15. The van der Waals surface area contributed by atoms with Gasteiger partial charge in [0.05, 0.1) is 12.0 Å². The van der Waals surface area contributed by atoms with Crippen molar-refractivity contribution in [1.82, 2.24) is 0 Å². The van der Waals surface area contributed by atoms with Gasteiger partial charge < -0.3 is 4.74 Å². The molecule has 0 atom stereocenters. The number of carbonyl (C=O) groups excluding carboxylic acids is 1. The number of nitrogens with zero attached hydrogens (tertiary/aromatic N) is 1. The number of methoxy groups -OCH3 is 1. The van der Waals surface area contributed by atoms with Crippen LogP contribution in [0.3, 0.4) is 0 Å². The highest BCUT2D eigenvalue weighted by atomic mass is 16.6. The fourth-order valence-electron chi connectivity index (χ4n) is 1.45. The number of rotatable bonds is 3. The van der Waals surface area contributed by atoms with Crippen molar-refractivity contribution in [3.63, 3.8) is 0 Å². The second kappa shape index (κ2) is 4.08. The predicted octanol–water partition coefficient (Wildman–Crippen LogP) is 2.11. The first kappa shape index (κ1) is 11.2. The first-order valence-corrected chi connectivity index (χ1v) is 4.32. The van der Waals surface area contributed by atoms with Crippen molar-refractivity contribution >= 4 is 11.5 Å². The summed E-state index contributed by atoms with van der Waals surface area (Å²) in [6.07, 6.45) is 0. The van der Waals surface area contributed by atoms with E-state index in [-0.39, 0.29) is 17.2 Å². The number of ketones is 1. The fourth-order valence-corrected chi connectivity index (χ4v) is 1.45. The molecule has 0 aliphatic heterocycles. The number of Topliss-reactive ketones (excluding diaryl/α,β-unsaturated/α-hetero) is 1. The SMILES string of the molecule is COc1ccc(C(C)=O)c(C)c1[N+](=O)[O-]. The molecule has 1 aromatic carbocycles. The Hall–Kier alpha value is -1.91. The summed E-state index contributed by atoms with van der Waals surface area (Å²) in [6, 6.07) is 2.96. The molecular formula is C10H11NO4. The summed E-state index contributed by atoms with van der Waals surface area (Å²) in [5.41, 5.74) is 0.541. The molecule has 15 heavy (non-hydrogen) atoms. The molecule has 80 valence electrons. The van der Waals surface area contributed by atoms with Crippen molar-refractivity contribution in [2.75, 3.05) is 7.11 Å². The zero-order valence-electron chi connectivity index (χ0n) is 8.73. The molecule has 0 aliphatic rings. The minimum Gasteiger partial charge on any atom is -0.490 e. The molecule has 1 rings (SSSR count). The summed E-state index contributed by atoms with van der Waals surface area (Å²) in [4.78, 5) is 21.4. The third kappa shape index (κ3) is 1.96. The molecule has 0 saturated carbocycles. The first-order valence-electron chi connectivity index (χ1n) is 4.32. The molecule has 0 aromatic heterocycles. The predicted molar refractivity (Wildman–Crippen MR) is 54.4 cm³/mol. The Morgan fingerprint density at radius 2 is 2.07 bits per heavy atom. The van der Waals surface area contributed by atoms with Crippen LogP contribution >= 0.6 is 0 Å². The highest BCUT2D eigenvalue weighted by Crippen LogP contribution is 2.32. The quantitative estimate of drug-likeness (QED) is 0.434. The van der Waals surface area contributed by atoms with Gasteiger partial charge in [-0.1, -0.05) is 0 Å². The number of nitro benzene ring substituents is 1. The number of carbonyl (C=O) groups is 1. The number of benzene rings is 1. The van der Waals surface area contributed by atoms with E-state index in [9.17, 15) is 14.9 Å². The summed E-state index contributed by atoms with van der Waals surface area (Å²) < 4.78 is 4.87. The highest BCUT2D eigenvalue weighted by molar-refractivity contribution is 5.96. The van der Waals surface area contributed by atoms with Crippen molar-refractivity contribution in [2.24, 2.45) is 0 Å². The van der Waals surface area contributed by atoms with Gasteiger partial charge in [0.15, 0.2) is 11.5 Å². The van der Waals surface area contributed by atoms with Crippen molar-refractivity contribution in [3.8, 4) is 5.75 Å². The topological polar surface area (TPSA) is 69.4 Å². The van der Waals surface area contributed by atoms with E-state index >= 15 is 0 Å². The lowest BCUT2D eigenvalue weighted by Gasteiger charge is -2.06. The van der Waals surface area contributed by atoms with E-state index in [0.29, 0.717) is 11.1 Å². The van der Waals surface area contributed by atoms with Crippen molar-refractivity contribution < 1.29 is 14.5 Å². The summed E-state index contributed by atoms with van der Waals surface area (Å²) in [7, 11) is 1.36. The van der Waals surface area contributed by atoms with Gasteiger partial charge in [0.2, 0.25) is 0 Å². The van der Waals surface area contributed by atoms with Crippen LogP contribution in [0.5, 0.6) is 5.75 Å². The zero-order valence-corrected chi connectivity index (χ0v) is 8.73. The molecule has 0 N–H and O–H groups in total. The van der Waals surface area contributed by atoms with Crippen LogP contribution < -0.4 is 4.74 Å². The minimum atomic E-state index is -0.541. The van der Waals surface area contributed by atoms with E-state index in [2.05, 4.69) is 0 Å². The molecular weight excluding hydrogens is 198 g/mol. The summed E-state index contributed by atoms with van der Waals surface area (Å²) in [6.45, 7) is 2.91. The molecule has 0 aliphatic carbocycles.